The Morgan fingerprint density at radius 3 is 1.69 bits per heavy atom. The maximum atomic E-state index is 3.68. The Morgan fingerprint density at radius 1 is 1.08 bits per heavy atom. The van der Waals surface area contributed by atoms with Gasteiger partial charge in [0.2, 0.25) is 0 Å². The standard InChI is InChI=1S/C8H9N.C2H6.2Rf/c1-7(2)8-3-5-9-6-4-8;1-2;;/h3-4,7H,1-2H3;1-2H3;;/q-2;;;. The quantitative estimate of drug-likeness (QED) is 0.416. The van der Waals surface area contributed by atoms with Gasteiger partial charge < -0.3 is 4.98 Å². The van der Waals surface area contributed by atoms with Crippen molar-refractivity contribution < 1.29 is 0 Å². The molecular formula is C10H15NRf2-2. The van der Waals surface area contributed by atoms with Crippen molar-refractivity contribution in [1.29, 1.82) is 0 Å². The van der Waals surface area contributed by atoms with Gasteiger partial charge in [0.05, 0.1) is 0 Å². The van der Waals surface area contributed by atoms with Gasteiger partial charge in [-0.15, -0.1) is 5.92 Å². The van der Waals surface area contributed by atoms with E-state index in [1.165, 1.54) is 5.56 Å². The van der Waals surface area contributed by atoms with E-state index in [-0.39, 0.29) is 0 Å². The fraction of sp³-hybridized carbons (Fsp3) is 0.500. The molecule has 1 heterocycles. The Labute approximate surface area is 69.5 Å². The van der Waals surface area contributed by atoms with E-state index in [1.807, 2.05) is 26.0 Å². The van der Waals surface area contributed by atoms with Crippen LogP contribution in [0.15, 0.2) is 12.1 Å². The number of aromatic nitrogens is 1. The van der Waals surface area contributed by atoms with Gasteiger partial charge in [0, 0.05) is 0 Å². The molecule has 66 valence electrons. The normalized spacial score (nSPS) is 7.46. The molecule has 0 fully saturated rings. The van der Waals surface area contributed by atoms with Crippen LogP contribution in [-0.4, -0.2) is 4.98 Å². The zero-order valence-corrected chi connectivity index (χ0v) is 21.9. The number of pyridine rings is 1. The van der Waals surface area contributed by atoms with Gasteiger partial charge in [-0.2, -0.15) is 0 Å². The number of rotatable bonds is 1. The molecule has 0 unspecified atom stereocenters. The summed E-state index contributed by atoms with van der Waals surface area (Å²) in [6, 6.07) is 3.78. The monoisotopic (exact) mass is 683 g/mol. The molecule has 1 nitrogen and oxygen atoms in total. The third-order valence-corrected chi connectivity index (χ3v) is 1.26. The summed E-state index contributed by atoms with van der Waals surface area (Å²) in [7, 11) is 0. The fourth-order valence-electron chi connectivity index (χ4n) is 0.626. The second kappa shape index (κ2) is 9.15. The molecule has 0 bridgehead atoms. The number of hydrogen-bond donors (Lipinski definition) is 0. The summed E-state index contributed by atoms with van der Waals surface area (Å²) >= 11 is 0. The molecule has 0 aromatic carbocycles. The van der Waals surface area contributed by atoms with Crippen molar-refractivity contribution in [3.63, 3.8) is 0 Å². The van der Waals surface area contributed by atoms with Gasteiger partial charge >= 0.3 is 0 Å². The summed E-state index contributed by atoms with van der Waals surface area (Å²) in [5.74, 6) is 0.556. The van der Waals surface area contributed by atoms with Gasteiger partial charge in [0.15, 0.2) is 0 Å². The third kappa shape index (κ3) is 5.59. The molecule has 0 radical (unpaired) electrons. The van der Waals surface area contributed by atoms with Gasteiger partial charge in [-0.25, -0.2) is 0 Å². The van der Waals surface area contributed by atoms with Crippen molar-refractivity contribution >= 4 is 0 Å². The fourth-order valence-corrected chi connectivity index (χ4v) is 0.626. The Bertz CT molecular complexity index is 176. The molecule has 0 N–H and O–H groups in total. The van der Waals surface area contributed by atoms with Gasteiger partial charge in [-0.1, -0.05) is 27.7 Å². The largest absolute Gasteiger partial charge is 0.543 e. The topological polar surface area (TPSA) is 12.9 Å². The molecule has 0 aliphatic carbocycles. The van der Waals surface area contributed by atoms with Crippen molar-refractivity contribution in [3.05, 3.63) is 30.1 Å². The van der Waals surface area contributed by atoms with Crippen LogP contribution < -0.4 is 0 Å². The SMILES string of the molecule is CC.CC(C)c1c[c-]n[c-]c1.[Rf].[Rf]. The summed E-state index contributed by atoms with van der Waals surface area (Å²) in [6.07, 6.45) is 5.47. The van der Waals surface area contributed by atoms with E-state index in [2.05, 4.69) is 31.2 Å². The zero-order chi connectivity index (χ0) is 8.69. The second-order valence-electron chi connectivity index (χ2n) is 2.31. The first-order valence-electron chi connectivity index (χ1n) is 4.05. The molecule has 0 spiro atoms. The van der Waals surface area contributed by atoms with Crippen molar-refractivity contribution in [2.45, 2.75) is 33.6 Å². The molecule has 0 aliphatic heterocycles. The van der Waals surface area contributed by atoms with Crippen LogP contribution in [0.5, 0.6) is 0 Å². The average Bonchev–Trinajstić information content (AvgIpc) is 2.10. The smallest absolute Gasteiger partial charge is 0 e. The maximum Gasteiger partial charge on any atom is 0 e. The number of hydrogen-bond acceptors (Lipinski definition) is 1. The van der Waals surface area contributed by atoms with Gasteiger partial charge in [-0.3, -0.25) is 30.1 Å². The van der Waals surface area contributed by atoms with E-state index >= 15 is 0 Å². The molecule has 13 heavy (non-hydrogen) atoms. The summed E-state index contributed by atoms with van der Waals surface area (Å²) < 4.78 is 0. The Kier molecular flexibility index (Phi) is 11.7. The first-order chi connectivity index (χ1) is 5.30. The number of nitrogens with zero attached hydrogens (tertiary/aromatic N) is 1. The summed E-state index contributed by atoms with van der Waals surface area (Å²) in [5.41, 5.74) is 1.24. The molecule has 0 amide bonds. The van der Waals surface area contributed by atoms with E-state index < -0.39 is 0 Å². The first kappa shape index (κ1) is 16.6. The molecule has 0 saturated carbocycles. The molecule has 1 rings (SSSR count). The van der Waals surface area contributed by atoms with Gasteiger partial charge in [0.1, 0.15) is 0 Å². The van der Waals surface area contributed by atoms with Crippen LogP contribution in [0.1, 0.15) is 39.2 Å². The van der Waals surface area contributed by atoms with Crippen LogP contribution in [0.3, 0.4) is 0 Å². The predicted molar refractivity (Wildman–Crippen MR) is 47.3 cm³/mol. The Hall–Kier alpha value is -2.85. The summed E-state index contributed by atoms with van der Waals surface area (Å²) in [4.78, 5) is 3.68. The van der Waals surface area contributed by atoms with Crippen molar-refractivity contribution in [2.75, 3.05) is 0 Å². The molecule has 1 aromatic heterocycles. The predicted octanol–water partition coefficient (Wildman–Crippen LogP) is 2.83. The van der Waals surface area contributed by atoms with Crippen LogP contribution in [0.2, 0.25) is 0 Å². The van der Waals surface area contributed by atoms with Crippen LogP contribution in [0.25, 0.3) is 0 Å². The first-order valence-corrected chi connectivity index (χ1v) is 4.05. The molecule has 1 aromatic rings. The average molecular weight is 683 g/mol. The summed E-state index contributed by atoms with van der Waals surface area (Å²) in [6.45, 7) is 8.27. The minimum Gasteiger partial charge on any atom is -0.543 e. The molecule has 0 atom stereocenters. The van der Waals surface area contributed by atoms with Crippen molar-refractivity contribution in [1.82, 2.24) is 4.98 Å². The van der Waals surface area contributed by atoms with Gasteiger partial charge in [0.25, 0.3) is 0 Å². The van der Waals surface area contributed by atoms with Crippen LogP contribution in [0, 0.1) is 12.4 Å². The van der Waals surface area contributed by atoms with Crippen LogP contribution in [-0.2, 0) is 0 Å². The minimum absolute atomic E-state index is 0. The summed E-state index contributed by atoms with van der Waals surface area (Å²) in [5, 5.41) is 0. The molecule has 0 saturated heterocycles. The van der Waals surface area contributed by atoms with Gasteiger partial charge in [-0.05, 0) is 0 Å². The van der Waals surface area contributed by atoms with Crippen LogP contribution >= 0.6 is 0 Å². The molecule has 0 aliphatic rings. The van der Waals surface area contributed by atoms with E-state index in [0.717, 1.165) is 0 Å². The van der Waals surface area contributed by atoms with E-state index in [9.17, 15) is 0 Å². The van der Waals surface area contributed by atoms with E-state index in [0.29, 0.717) is 5.92 Å². The molecular weight excluding hydrogens is 668 g/mol. The van der Waals surface area contributed by atoms with Crippen LogP contribution in [0.4, 0.5) is 0 Å². The van der Waals surface area contributed by atoms with E-state index in [4.69, 9.17) is 0 Å². The maximum absolute atomic E-state index is 3.68. The minimum atomic E-state index is 0. The third-order valence-electron chi connectivity index (χ3n) is 1.26. The second-order valence-corrected chi connectivity index (χ2v) is 2.31. The Morgan fingerprint density at radius 2 is 1.46 bits per heavy atom. The Balaban J connectivity index is -0.000000234. The van der Waals surface area contributed by atoms with Crippen molar-refractivity contribution in [3.8, 4) is 0 Å². The molecule has 3 heteroatoms. The van der Waals surface area contributed by atoms with Crippen molar-refractivity contribution in [2.24, 2.45) is 0 Å². The zero-order valence-electron chi connectivity index (χ0n) is 9.09. The van der Waals surface area contributed by atoms with E-state index in [1.54, 1.807) is 0 Å².